The smallest absolute Gasteiger partial charge is 0.269 e. The first-order chi connectivity index (χ1) is 12.9. The molecule has 0 aliphatic carbocycles. The number of amides is 2. The Labute approximate surface area is 154 Å². The number of rotatable bonds is 6. The van der Waals surface area contributed by atoms with Gasteiger partial charge in [-0.25, -0.2) is 0 Å². The van der Waals surface area contributed by atoms with Crippen LogP contribution in [0.3, 0.4) is 0 Å². The first-order valence-corrected chi connectivity index (χ1v) is 8.26. The number of non-ortho nitro benzene ring substituents is 1. The average molecular weight is 363 g/mol. The van der Waals surface area contributed by atoms with Gasteiger partial charge in [0.05, 0.1) is 4.92 Å². The molecule has 0 spiro atoms. The van der Waals surface area contributed by atoms with Crippen LogP contribution in [-0.2, 0) is 11.2 Å². The standard InChI is InChI=1S/C20H17N3O4/c21-19(24)18(11-13-5-9-17(10-6-13)23(26)27)22-20(25)16-8-7-14-3-1-2-4-15(14)12-16/h1-10,12,18H,11H2,(H2,21,24)(H,22,25)/t18-/m1/s1. The van der Waals surface area contributed by atoms with Crippen LogP contribution in [-0.4, -0.2) is 22.8 Å². The summed E-state index contributed by atoms with van der Waals surface area (Å²) in [5.74, 6) is -1.09. The van der Waals surface area contributed by atoms with Gasteiger partial charge in [0.2, 0.25) is 5.91 Å². The quantitative estimate of drug-likeness (QED) is 0.517. The van der Waals surface area contributed by atoms with Crippen LogP contribution < -0.4 is 11.1 Å². The highest BCUT2D eigenvalue weighted by molar-refractivity contribution is 6.00. The van der Waals surface area contributed by atoms with Crippen molar-refractivity contribution in [1.29, 1.82) is 0 Å². The van der Waals surface area contributed by atoms with E-state index in [2.05, 4.69) is 5.32 Å². The minimum atomic E-state index is -0.926. The maximum absolute atomic E-state index is 12.5. The molecule has 0 aromatic heterocycles. The summed E-state index contributed by atoms with van der Waals surface area (Å²) in [6, 6.07) is 17.7. The van der Waals surface area contributed by atoms with Gasteiger partial charge in [0.15, 0.2) is 0 Å². The summed E-state index contributed by atoms with van der Waals surface area (Å²) in [6.45, 7) is 0. The number of primary amides is 1. The molecule has 0 aliphatic rings. The van der Waals surface area contributed by atoms with Crippen molar-refractivity contribution in [3.63, 3.8) is 0 Å². The van der Waals surface area contributed by atoms with Crippen molar-refractivity contribution in [1.82, 2.24) is 5.32 Å². The third-order valence-electron chi connectivity index (χ3n) is 4.25. The van der Waals surface area contributed by atoms with Crippen molar-refractivity contribution in [2.45, 2.75) is 12.5 Å². The van der Waals surface area contributed by atoms with E-state index >= 15 is 0 Å². The molecule has 0 bridgehead atoms. The first-order valence-electron chi connectivity index (χ1n) is 8.26. The SMILES string of the molecule is NC(=O)[C@@H](Cc1ccc([N+](=O)[O-])cc1)NC(=O)c1ccc2ccccc2c1. The number of carbonyl (C=O) groups is 2. The highest BCUT2D eigenvalue weighted by atomic mass is 16.6. The molecule has 0 saturated carbocycles. The van der Waals surface area contributed by atoms with Gasteiger partial charge < -0.3 is 11.1 Å². The number of carbonyl (C=O) groups excluding carboxylic acids is 2. The van der Waals surface area contributed by atoms with Crippen LogP contribution in [0.15, 0.2) is 66.7 Å². The van der Waals surface area contributed by atoms with Gasteiger partial charge >= 0.3 is 0 Å². The molecule has 2 amide bonds. The van der Waals surface area contributed by atoms with E-state index in [0.29, 0.717) is 11.1 Å². The Morgan fingerprint density at radius 2 is 1.67 bits per heavy atom. The monoisotopic (exact) mass is 363 g/mol. The maximum Gasteiger partial charge on any atom is 0.269 e. The fraction of sp³-hybridized carbons (Fsp3) is 0.100. The van der Waals surface area contributed by atoms with E-state index in [-0.39, 0.29) is 12.1 Å². The number of nitro benzene ring substituents is 1. The lowest BCUT2D eigenvalue weighted by molar-refractivity contribution is -0.384. The van der Waals surface area contributed by atoms with E-state index in [4.69, 9.17) is 5.73 Å². The van der Waals surface area contributed by atoms with E-state index in [1.54, 1.807) is 12.1 Å². The summed E-state index contributed by atoms with van der Waals surface area (Å²) in [4.78, 5) is 34.5. The summed E-state index contributed by atoms with van der Waals surface area (Å²) in [7, 11) is 0. The van der Waals surface area contributed by atoms with Gasteiger partial charge in [0, 0.05) is 24.1 Å². The molecule has 0 unspecified atom stereocenters. The van der Waals surface area contributed by atoms with Gasteiger partial charge in [-0.2, -0.15) is 0 Å². The molecule has 136 valence electrons. The molecule has 0 radical (unpaired) electrons. The van der Waals surface area contributed by atoms with Gasteiger partial charge in [0.1, 0.15) is 6.04 Å². The van der Waals surface area contributed by atoms with Crippen molar-refractivity contribution < 1.29 is 14.5 Å². The van der Waals surface area contributed by atoms with Crippen LogP contribution in [0.2, 0.25) is 0 Å². The number of nitrogens with two attached hydrogens (primary N) is 1. The number of nitrogens with one attached hydrogen (secondary N) is 1. The van der Waals surface area contributed by atoms with E-state index in [9.17, 15) is 19.7 Å². The molecule has 3 N–H and O–H groups in total. The lowest BCUT2D eigenvalue weighted by atomic mass is 10.0. The predicted molar refractivity (Wildman–Crippen MR) is 101 cm³/mol. The van der Waals surface area contributed by atoms with Gasteiger partial charge in [-0.3, -0.25) is 19.7 Å². The number of nitrogens with zero attached hydrogens (tertiary/aromatic N) is 1. The zero-order chi connectivity index (χ0) is 19.4. The number of benzene rings is 3. The fourth-order valence-electron chi connectivity index (χ4n) is 2.78. The fourth-order valence-corrected chi connectivity index (χ4v) is 2.78. The average Bonchev–Trinajstić information content (AvgIpc) is 2.67. The number of fused-ring (bicyclic) bond motifs is 1. The highest BCUT2D eigenvalue weighted by Crippen LogP contribution is 2.16. The molecule has 3 aromatic carbocycles. The summed E-state index contributed by atoms with van der Waals surface area (Å²) in [5.41, 5.74) is 6.45. The Bertz CT molecular complexity index is 1020. The van der Waals surface area contributed by atoms with Crippen molar-refractivity contribution >= 4 is 28.3 Å². The van der Waals surface area contributed by atoms with Crippen LogP contribution in [0.5, 0.6) is 0 Å². The third-order valence-corrected chi connectivity index (χ3v) is 4.25. The summed E-state index contributed by atoms with van der Waals surface area (Å²) in [6.07, 6.45) is 0.145. The molecule has 0 fully saturated rings. The van der Waals surface area contributed by atoms with Crippen molar-refractivity contribution in [3.05, 3.63) is 88.0 Å². The minimum absolute atomic E-state index is 0.0467. The Kier molecular flexibility index (Phi) is 5.12. The van der Waals surface area contributed by atoms with Gasteiger partial charge in [-0.05, 0) is 28.5 Å². The van der Waals surface area contributed by atoms with Crippen molar-refractivity contribution in [2.24, 2.45) is 5.73 Å². The third kappa shape index (κ3) is 4.27. The lowest BCUT2D eigenvalue weighted by Crippen LogP contribution is -2.45. The van der Waals surface area contributed by atoms with E-state index in [1.807, 2.05) is 30.3 Å². The molecule has 3 rings (SSSR count). The van der Waals surface area contributed by atoms with Crippen molar-refractivity contribution in [2.75, 3.05) is 0 Å². The maximum atomic E-state index is 12.5. The zero-order valence-corrected chi connectivity index (χ0v) is 14.3. The Morgan fingerprint density at radius 1 is 1.00 bits per heavy atom. The number of nitro groups is 1. The normalized spacial score (nSPS) is 11.7. The zero-order valence-electron chi connectivity index (χ0n) is 14.3. The first kappa shape index (κ1) is 18.1. The number of hydrogen-bond donors (Lipinski definition) is 2. The van der Waals surface area contributed by atoms with E-state index < -0.39 is 22.8 Å². The van der Waals surface area contributed by atoms with Crippen LogP contribution in [0.25, 0.3) is 10.8 Å². The van der Waals surface area contributed by atoms with Gasteiger partial charge in [-0.1, -0.05) is 42.5 Å². The van der Waals surface area contributed by atoms with Gasteiger partial charge in [0.25, 0.3) is 11.6 Å². The minimum Gasteiger partial charge on any atom is -0.368 e. The Morgan fingerprint density at radius 3 is 2.30 bits per heavy atom. The lowest BCUT2D eigenvalue weighted by Gasteiger charge is -2.16. The summed E-state index contributed by atoms with van der Waals surface area (Å²) < 4.78 is 0. The molecule has 7 heteroatoms. The second-order valence-corrected chi connectivity index (χ2v) is 6.12. The Balaban J connectivity index is 1.75. The summed E-state index contributed by atoms with van der Waals surface area (Å²) >= 11 is 0. The molecule has 1 atom stereocenters. The molecular weight excluding hydrogens is 346 g/mol. The molecule has 7 nitrogen and oxygen atoms in total. The van der Waals surface area contributed by atoms with E-state index in [1.165, 1.54) is 24.3 Å². The largest absolute Gasteiger partial charge is 0.368 e. The van der Waals surface area contributed by atoms with Crippen LogP contribution in [0.4, 0.5) is 5.69 Å². The number of hydrogen-bond acceptors (Lipinski definition) is 4. The van der Waals surface area contributed by atoms with Crippen LogP contribution in [0.1, 0.15) is 15.9 Å². The molecule has 27 heavy (non-hydrogen) atoms. The molecular formula is C20H17N3O4. The molecule has 0 saturated heterocycles. The van der Waals surface area contributed by atoms with Crippen molar-refractivity contribution in [3.8, 4) is 0 Å². The topological polar surface area (TPSA) is 115 Å². The highest BCUT2D eigenvalue weighted by Gasteiger charge is 2.20. The molecule has 3 aromatic rings. The second kappa shape index (κ2) is 7.65. The van der Waals surface area contributed by atoms with Crippen LogP contribution in [0, 0.1) is 10.1 Å². The molecule has 0 aliphatic heterocycles. The summed E-state index contributed by atoms with van der Waals surface area (Å²) in [5, 5.41) is 15.3. The predicted octanol–water partition coefficient (Wildman–Crippen LogP) is 2.57. The van der Waals surface area contributed by atoms with Crippen LogP contribution >= 0.6 is 0 Å². The van der Waals surface area contributed by atoms with E-state index in [0.717, 1.165) is 10.8 Å². The Hall–Kier alpha value is -3.74. The molecule has 0 heterocycles. The van der Waals surface area contributed by atoms with Gasteiger partial charge in [-0.15, -0.1) is 0 Å². The second-order valence-electron chi connectivity index (χ2n) is 6.12.